The number of para-hydroxylation sites is 1. The number of phenols is 1. The van der Waals surface area contributed by atoms with Crippen LogP contribution in [-0.4, -0.2) is 110 Å². The van der Waals surface area contributed by atoms with E-state index < -0.39 is 35.3 Å². The first kappa shape index (κ1) is 34.6. The van der Waals surface area contributed by atoms with E-state index in [-0.39, 0.29) is 47.6 Å². The van der Waals surface area contributed by atoms with Gasteiger partial charge in [0.25, 0.3) is 5.56 Å². The van der Waals surface area contributed by atoms with Crippen LogP contribution in [0.25, 0.3) is 16.7 Å². The molecule has 18 heteroatoms. The number of alkyl halides is 3. The number of piperazine rings is 1. The Hall–Kier alpha value is -5.31. The van der Waals surface area contributed by atoms with Gasteiger partial charge in [-0.3, -0.25) is 14.2 Å². The molecule has 2 atom stereocenters. The number of likely N-dealkylation sites (N-methyl/N-ethyl adjacent to an activating group) is 1. The number of nitrogens with zero attached hydrogens (tertiary/aromatic N) is 8. The maximum Gasteiger partial charge on any atom is 0.490 e. The summed E-state index contributed by atoms with van der Waals surface area (Å²) in [5.74, 6) is -3.97. The number of halogens is 4. The summed E-state index contributed by atoms with van der Waals surface area (Å²) in [7, 11) is 2.01. The van der Waals surface area contributed by atoms with E-state index in [2.05, 4.69) is 32.5 Å². The molecule has 250 valence electrons. The number of ether oxygens (including phenoxy) is 1. The standard InChI is InChI=1S/C27H29FN8O4.C2HF3O2/c1-3-21(38)35-13-12-34(14-17(35)9-10-29)25-22-23(31-27(32-25)40-15-18-6-5-11-33(18)2)26(39)36(16-30-22)24-19(28)7-4-8-20(24)37;3-2(4,5)1(6)7/h3-4,7-8,16-18,37H,1,5-6,9,11-15H2,2H3;(H,6,7)/t17-,18-;/m0./s1. The number of likely N-dealkylation sites (tertiary alicyclic amines) is 1. The quantitative estimate of drug-likeness (QED) is 0.279. The van der Waals surface area contributed by atoms with E-state index in [9.17, 15) is 37.5 Å². The topological polar surface area (TPSA) is 178 Å². The van der Waals surface area contributed by atoms with Gasteiger partial charge in [-0.05, 0) is 44.6 Å². The molecule has 2 aliphatic rings. The molecule has 0 radical (unpaired) electrons. The van der Waals surface area contributed by atoms with E-state index >= 15 is 0 Å². The van der Waals surface area contributed by atoms with Crippen molar-refractivity contribution in [2.24, 2.45) is 0 Å². The fourth-order valence-corrected chi connectivity index (χ4v) is 5.26. The number of hydrogen-bond donors (Lipinski definition) is 2. The van der Waals surface area contributed by atoms with Gasteiger partial charge in [-0.25, -0.2) is 14.2 Å². The van der Waals surface area contributed by atoms with E-state index in [1.165, 1.54) is 18.2 Å². The molecule has 0 saturated carbocycles. The Kier molecular flexibility index (Phi) is 10.6. The predicted octanol–water partition coefficient (Wildman–Crippen LogP) is 2.24. The van der Waals surface area contributed by atoms with Gasteiger partial charge in [0.15, 0.2) is 17.2 Å². The molecule has 1 amide bonds. The number of aromatic nitrogens is 4. The molecule has 2 saturated heterocycles. The Balaban J connectivity index is 0.000000644. The van der Waals surface area contributed by atoms with Gasteiger partial charge < -0.3 is 29.6 Å². The Labute approximate surface area is 264 Å². The third-order valence-corrected chi connectivity index (χ3v) is 7.66. The Morgan fingerprint density at radius 3 is 2.51 bits per heavy atom. The van der Waals surface area contributed by atoms with Crippen LogP contribution in [-0.2, 0) is 9.59 Å². The van der Waals surface area contributed by atoms with Gasteiger partial charge in [0.1, 0.15) is 29.9 Å². The first-order chi connectivity index (χ1) is 22.3. The van der Waals surface area contributed by atoms with E-state index in [1.54, 1.807) is 4.90 Å². The van der Waals surface area contributed by atoms with Crippen LogP contribution in [0.15, 0.2) is 42.0 Å². The monoisotopic (exact) mass is 662 g/mol. The number of amides is 1. The minimum Gasteiger partial charge on any atom is -0.506 e. The number of fused-ring (bicyclic) bond motifs is 1. The largest absolute Gasteiger partial charge is 0.506 e. The minimum atomic E-state index is -5.08. The normalized spacial score (nSPS) is 18.3. The molecular weight excluding hydrogens is 632 g/mol. The van der Waals surface area contributed by atoms with Gasteiger partial charge in [0, 0.05) is 25.7 Å². The maximum atomic E-state index is 14.7. The number of benzene rings is 1. The highest BCUT2D eigenvalue weighted by molar-refractivity contribution is 5.88. The molecule has 47 heavy (non-hydrogen) atoms. The summed E-state index contributed by atoms with van der Waals surface area (Å²) < 4.78 is 53.3. The lowest BCUT2D eigenvalue weighted by Gasteiger charge is -2.40. The number of aromatic hydroxyl groups is 1. The van der Waals surface area contributed by atoms with Crippen LogP contribution in [0.1, 0.15) is 19.3 Å². The van der Waals surface area contributed by atoms with E-state index in [1.807, 2.05) is 11.9 Å². The predicted molar refractivity (Wildman–Crippen MR) is 158 cm³/mol. The maximum absolute atomic E-state index is 14.7. The second kappa shape index (κ2) is 14.4. The van der Waals surface area contributed by atoms with Gasteiger partial charge in [0.2, 0.25) is 5.91 Å². The first-order valence-corrected chi connectivity index (χ1v) is 14.2. The van der Waals surface area contributed by atoms with Crippen molar-refractivity contribution in [1.82, 2.24) is 29.3 Å². The molecule has 0 bridgehead atoms. The zero-order chi connectivity index (χ0) is 34.5. The lowest BCUT2D eigenvalue weighted by molar-refractivity contribution is -0.192. The molecule has 2 fully saturated rings. The molecule has 2 aliphatic heterocycles. The smallest absolute Gasteiger partial charge is 0.490 e. The second-order valence-corrected chi connectivity index (χ2v) is 10.6. The third kappa shape index (κ3) is 7.74. The summed E-state index contributed by atoms with van der Waals surface area (Å²) in [6.07, 6.45) is -0.665. The molecule has 2 N–H and O–H groups in total. The minimum absolute atomic E-state index is 0.0429. The number of hydrogen-bond acceptors (Lipinski definition) is 11. The molecule has 0 aliphatic carbocycles. The van der Waals surface area contributed by atoms with Crippen LogP contribution in [0.2, 0.25) is 0 Å². The molecule has 2 aromatic heterocycles. The second-order valence-electron chi connectivity index (χ2n) is 10.6. The summed E-state index contributed by atoms with van der Waals surface area (Å²) >= 11 is 0. The molecule has 1 aromatic carbocycles. The van der Waals surface area contributed by atoms with Crippen molar-refractivity contribution in [2.45, 2.75) is 37.5 Å². The van der Waals surface area contributed by atoms with Crippen molar-refractivity contribution in [1.29, 1.82) is 5.26 Å². The van der Waals surface area contributed by atoms with Crippen molar-refractivity contribution >= 4 is 28.7 Å². The number of rotatable bonds is 7. The van der Waals surface area contributed by atoms with Crippen molar-refractivity contribution in [3.05, 3.63) is 53.4 Å². The van der Waals surface area contributed by atoms with Crippen molar-refractivity contribution in [3.63, 3.8) is 0 Å². The van der Waals surface area contributed by atoms with Crippen LogP contribution in [0.3, 0.4) is 0 Å². The van der Waals surface area contributed by atoms with Crippen LogP contribution in [0.4, 0.5) is 23.4 Å². The molecule has 0 spiro atoms. The van der Waals surface area contributed by atoms with Crippen LogP contribution in [0, 0.1) is 17.1 Å². The average molecular weight is 663 g/mol. The Bertz CT molecular complexity index is 1740. The number of carboxylic acid groups (broad SMARTS) is 1. The number of nitriles is 1. The SMILES string of the molecule is C=CC(=O)N1CCN(c2nc(OC[C@@H]3CCCN3C)nc3c(=O)n(-c4c(O)cccc4F)cnc23)C[C@@H]1CC#N.O=C(O)C(F)(F)F. The van der Waals surface area contributed by atoms with Crippen LogP contribution < -0.4 is 15.2 Å². The highest BCUT2D eigenvalue weighted by Crippen LogP contribution is 2.29. The lowest BCUT2D eigenvalue weighted by Crippen LogP contribution is -2.55. The molecule has 4 heterocycles. The van der Waals surface area contributed by atoms with Crippen molar-refractivity contribution < 1.29 is 42.1 Å². The summed E-state index contributed by atoms with van der Waals surface area (Å²) in [4.78, 5) is 53.9. The van der Waals surface area contributed by atoms with Crippen molar-refractivity contribution in [2.75, 3.05) is 44.7 Å². The third-order valence-electron chi connectivity index (χ3n) is 7.66. The van der Waals surface area contributed by atoms with Crippen LogP contribution in [0.5, 0.6) is 11.8 Å². The molecular formula is C29H30F4N8O6. The molecule has 14 nitrogen and oxygen atoms in total. The average Bonchev–Trinajstić information content (AvgIpc) is 3.44. The highest BCUT2D eigenvalue weighted by Gasteiger charge is 2.38. The molecule has 3 aromatic rings. The van der Waals surface area contributed by atoms with Gasteiger partial charge in [-0.15, -0.1) is 0 Å². The van der Waals surface area contributed by atoms with Crippen LogP contribution >= 0.6 is 0 Å². The number of carboxylic acids is 1. The summed E-state index contributed by atoms with van der Waals surface area (Å²) in [5, 5.41) is 26.8. The Morgan fingerprint density at radius 1 is 1.19 bits per heavy atom. The number of aliphatic carboxylic acids is 1. The zero-order valence-electron chi connectivity index (χ0n) is 25.0. The number of carbonyl (C=O) groups is 2. The molecule has 0 unspecified atom stereocenters. The fourth-order valence-electron chi connectivity index (χ4n) is 5.26. The lowest BCUT2D eigenvalue weighted by atomic mass is 10.1. The zero-order valence-corrected chi connectivity index (χ0v) is 25.0. The van der Waals surface area contributed by atoms with E-state index in [4.69, 9.17) is 14.6 Å². The van der Waals surface area contributed by atoms with E-state index in [0.29, 0.717) is 25.5 Å². The number of carbonyl (C=O) groups excluding carboxylic acids is 1. The summed E-state index contributed by atoms with van der Waals surface area (Å²) in [5.41, 5.74) is -1.03. The highest BCUT2D eigenvalue weighted by atomic mass is 19.4. The van der Waals surface area contributed by atoms with E-state index in [0.717, 1.165) is 36.3 Å². The van der Waals surface area contributed by atoms with Crippen molar-refractivity contribution in [3.8, 4) is 23.5 Å². The summed E-state index contributed by atoms with van der Waals surface area (Å²) in [6.45, 7) is 5.71. The number of anilines is 1. The van der Waals surface area contributed by atoms with Gasteiger partial charge in [0.05, 0.1) is 18.5 Å². The van der Waals surface area contributed by atoms with Gasteiger partial charge in [-0.1, -0.05) is 12.6 Å². The Morgan fingerprint density at radius 2 is 1.91 bits per heavy atom. The van der Waals surface area contributed by atoms with Gasteiger partial charge in [-0.2, -0.15) is 28.4 Å². The fraction of sp³-hybridized carbons (Fsp3) is 0.414. The number of phenolic OH excluding ortho intramolecular Hbond substituents is 1. The first-order valence-electron chi connectivity index (χ1n) is 14.2. The van der Waals surface area contributed by atoms with Gasteiger partial charge >= 0.3 is 18.2 Å². The molecule has 5 rings (SSSR count). The summed E-state index contributed by atoms with van der Waals surface area (Å²) in [6, 6.07) is 5.53.